The Bertz CT molecular complexity index is 517. The molecule has 1 amide bonds. The van der Waals surface area contributed by atoms with Crippen LogP contribution in [0.15, 0.2) is 0 Å². The fourth-order valence-electron chi connectivity index (χ4n) is 2.75. The first kappa shape index (κ1) is 14.7. The molecule has 0 aliphatic carbocycles. The number of hydrogen-bond acceptors (Lipinski definition) is 5. The predicted molar refractivity (Wildman–Crippen MR) is 78.1 cm³/mol. The Hall–Kier alpha value is -1.69. The molecule has 0 radical (unpaired) electrons. The van der Waals surface area contributed by atoms with Gasteiger partial charge in [0.15, 0.2) is 5.82 Å². The lowest BCUT2D eigenvalue weighted by Gasteiger charge is -2.38. The molecule has 4 N–H and O–H groups in total. The lowest BCUT2D eigenvalue weighted by Crippen LogP contribution is -2.47. The largest absolute Gasteiger partial charge is 0.369 e. The molecule has 0 saturated carbocycles. The fraction of sp³-hybridized carbons (Fsp3) is 0.643. The van der Waals surface area contributed by atoms with E-state index < -0.39 is 0 Å². The molecule has 2 rings (SSSR count). The summed E-state index contributed by atoms with van der Waals surface area (Å²) in [5.41, 5.74) is 14.3. The molecule has 2 heterocycles. The topological polar surface area (TPSA) is 98.1 Å². The van der Waals surface area contributed by atoms with Gasteiger partial charge in [0, 0.05) is 24.7 Å². The van der Waals surface area contributed by atoms with Crippen LogP contribution in [0.2, 0.25) is 0 Å². The Kier molecular flexibility index (Phi) is 4.23. The number of aryl methyl sites for hydroxylation is 1. The average molecular weight is 277 g/mol. The van der Waals surface area contributed by atoms with E-state index in [1.54, 1.807) is 0 Å². The van der Waals surface area contributed by atoms with Crippen molar-refractivity contribution in [1.29, 1.82) is 0 Å². The van der Waals surface area contributed by atoms with Crippen LogP contribution >= 0.6 is 0 Å². The highest BCUT2D eigenvalue weighted by atomic mass is 16.1. The van der Waals surface area contributed by atoms with Gasteiger partial charge in [-0.2, -0.15) is 5.10 Å². The van der Waals surface area contributed by atoms with Crippen molar-refractivity contribution in [3.8, 4) is 0 Å². The molecule has 0 bridgehead atoms. The highest BCUT2D eigenvalue weighted by Gasteiger charge is 2.31. The minimum absolute atomic E-state index is 0.125. The van der Waals surface area contributed by atoms with Crippen LogP contribution in [0.4, 0.5) is 5.82 Å². The summed E-state index contributed by atoms with van der Waals surface area (Å²) < 4.78 is 0. The quantitative estimate of drug-likeness (QED) is 0.845. The molecule has 2 unspecified atom stereocenters. The Morgan fingerprint density at radius 2 is 2.05 bits per heavy atom. The van der Waals surface area contributed by atoms with Crippen LogP contribution in [0.5, 0.6) is 0 Å². The van der Waals surface area contributed by atoms with E-state index >= 15 is 0 Å². The molecule has 0 spiro atoms. The van der Waals surface area contributed by atoms with Crippen LogP contribution in [0.1, 0.15) is 36.6 Å². The van der Waals surface area contributed by atoms with Gasteiger partial charge < -0.3 is 16.4 Å². The molecule has 1 aromatic heterocycles. The molecule has 1 aromatic rings. The monoisotopic (exact) mass is 277 g/mol. The van der Waals surface area contributed by atoms with Gasteiger partial charge in [-0.25, -0.2) is 0 Å². The molecule has 1 fully saturated rings. The van der Waals surface area contributed by atoms with Crippen molar-refractivity contribution >= 4 is 11.7 Å². The summed E-state index contributed by atoms with van der Waals surface area (Å²) in [5.74, 6) is 0.433. The molecule has 110 valence electrons. The summed E-state index contributed by atoms with van der Waals surface area (Å²) in [4.78, 5) is 13.6. The zero-order chi connectivity index (χ0) is 14.9. The average Bonchev–Trinajstić information content (AvgIpc) is 2.42. The van der Waals surface area contributed by atoms with Gasteiger partial charge in [-0.3, -0.25) is 4.79 Å². The number of nitrogens with zero attached hydrogens (tertiary/aromatic N) is 3. The molecule has 6 heteroatoms. The smallest absolute Gasteiger partial charge is 0.222 e. The van der Waals surface area contributed by atoms with Gasteiger partial charge in [0.25, 0.3) is 0 Å². The van der Waals surface area contributed by atoms with Crippen molar-refractivity contribution in [3.63, 3.8) is 0 Å². The van der Waals surface area contributed by atoms with Crippen LogP contribution in [0, 0.1) is 19.8 Å². The number of amides is 1. The number of rotatable bonds is 3. The standard InChI is InChI=1S/C14H23N5O/c1-8-4-5-11(13(16)20)7-19(8)14-12(6-15)9(2)10(3)17-18-14/h8,11H,4-7,15H2,1-3H3,(H2,16,20). The van der Waals surface area contributed by atoms with Gasteiger partial charge in [-0.05, 0) is 39.2 Å². The Morgan fingerprint density at radius 3 is 2.65 bits per heavy atom. The lowest BCUT2D eigenvalue weighted by atomic mass is 9.92. The van der Waals surface area contributed by atoms with E-state index in [0.29, 0.717) is 19.1 Å². The normalized spacial score (nSPS) is 22.9. The summed E-state index contributed by atoms with van der Waals surface area (Å²) in [6, 6.07) is 0.312. The molecule has 20 heavy (non-hydrogen) atoms. The summed E-state index contributed by atoms with van der Waals surface area (Å²) >= 11 is 0. The predicted octanol–water partition coefficient (Wildman–Crippen LogP) is 0.642. The van der Waals surface area contributed by atoms with E-state index in [4.69, 9.17) is 11.5 Å². The molecule has 1 aliphatic heterocycles. The van der Waals surface area contributed by atoms with E-state index in [1.165, 1.54) is 0 Å². The number of carbonyl (C=O) groups is 1. The van der Waals surface area contributed by atoms with E-state index in [2.05, 4.69) is 22.0 Å². The molecular formula is C14H23N5O. The summed E-state index contributed by atoms with van der Waals surface area (Å²) in [6.07, 6.45) is 1.76. The minimum atomic E-state index is -0.243. The summed E-state index contributed by atoms with van der Waals surface area (Å²) in [7, 11) is 0. The van der Waals surface area contributed by atoms with Crippen LogP contribution in [0.25, 0.3) is 0 Å². The Labute approximate surface area is 119 Å². The van der Waals surface area contributed by atoms with E-state index in [-0.39, 0.29) is 11.8 Å². The zero-order valence-electron chi connectivity index (χ0n) is 12.4. The van der Waals surface area contributed by atoms with Gasteiger partial charge in [-0.1, -0.05) is 0 Å². The number of piperidine rings is 1. The molecule has 2 atom stereocenters. The van der Waals surface area contributed by atoms with Crippen molar-refractivity contribution in [2.24, 2.45) is 17.4 Å². The SMILES string of the molecule is Cc1nnc(N2CC(C(N)=O)CCC2C)c(CN)c1C. The molecule has 1 aliphatic rings. The van der Waals surface area contributed by atoms with Gasteiger partial charge in [0.2, 0.25) is 5.91 Å². The van der Waals surface area contributed by atoms with Crippen molar-refractivity contribution in [1.82, 2.24) is 10.2 Å². The van der Waals surface area contributed by atoms with Crippen LogP contribution in [-0.2, 0) is 11.3 Å². The molecule has 1 saturated heterocycles. The van der Waals surface area contributed by atoms with E-state index in [1.807, 2.05) is 13.8 Å². The zero-order valence-corrected chi connectivity index (χ0v) is 12.4. The van der Waals surface area contributed by atoms with Crippen molar-refractivity contribution < 1.29 is 4.79 Å². The first-order valence-corrected chi connectivity index (χ1v) is 7.04. The number of hydrogen-bond donors (Lipinski definition) is 2. The van der Waals surface area contributed by atoms with Gasteiger partial charge >= 0.3 is 0 Å². The third-order valence-corrected chi connectivity index (χ3v) is 4.32. The first-order valence-electron chi connectivity index (χ1n) is 7.04. The number of carbonyl (C=O) groups excluding carboxylic acids is 1. The number of nitrogens with two attached hydrogens (primary N) is 2. The second kappa shape index (κ2) is 5.75. The highest BCUT2D eigenvalue weighted by Crippen LogP contribution is 2.30. The lowest BCUT2D eigenvalue weighted by molar-refractivity contribution is -0.122. The van der Waals surface area contributed by atoms with Crippen molar-refractivity contribution in [3.05, 3.63) is 16.8 Å². The van der Waals surface area contributed by atoms with Crippen molar-refractivity contribution in [2.75, 3.05) is 11.4 Å². The minimum Gasteiger partial charge on any atom is -0.369 e. The maximum Gasteiger partial charge on any atom is 0.222 e. The first-order chi connectivity index (χ1) is 9.45. The third-order valence-electron chi connectivity index (χ3n) is 4.32. The Balaban J connectivity index is 2.38. The van der Waals surface area contributed by atoms with Crippen LogP contribution < -0.4 is 16.4 Å². The number of primary amides is 1. The van der Waals surface area contributed by atoms with Crippen molar-refractivity contribution in [2.45, 2.75) is 46.2 Å². The second-order valence-corrected chi connectivity index (χ2v) is 5.59. The Morgan fingerprint density at radius 1 is 1.35 bits per heavy atom. The fourth-order valence-corrected chi connectivity index (χ4v) is 2.75. The maximum atomic E-state index is 11.4. The van der Waals surface area contributed by atoms with E-state index in [0.717, 1.165) is 35.5 Å². The van der Waals surface area contributed by atoms with Gasteiger partial charge in [-0.15, -0.1) is 5.10 Å². The summed E-state index contributed by atoms with van der Waals surface area (Å²) in [5, 5.41) is 8.52. The van der Waals surface area contributed by atoms with Gasteiger partial charge in [0.05, 0.1) is 11.6 Å². The van der Waals surface area contributed by atoms with Crippen LogP contribution in [0.3, 0.4) is 0 Å². The third kappa shape index (κ3) is 2.60. The molecule has 0 aromatic carbocycles. The maximum absolute atomic E-state index is 11.4. The molecule has 6 nitrogen and oxygen atoms in total. The summed E-state index contributed by atoms with van der Waals surface area (Å²) in [6.45, 7) is 7.09. The number of anilines is 1. The second-order valence-electron chi connectivity index (χ2n) is 5.59. The highest BCUT2D eigenvalue weighted by molar-refractivity contribution is 5.77. The molecular weight excluding hydrogens is 254 g/mol. The van der Waals surface area contributed by atoms with E-state index in [9.17, 15) is 4.79 Å². The van der Waals surface area contributed by atoms with Gasteiger partial charge in [0.1, 0.15) is 0 Å². The van der Waals surface area contributed by atoms with Crippen LogP contribution in [-0.4, -0.2) is 28.7 Å². The number of aromatic nitrogens is 2.